The van der Waals surface area contributed by atoms with Crippen LogP contribution in [0.1, 0.15) is 16.7 Å². The Kier molecular flexibility index (Phi) is 4.77. The lowest BCUT2D eigenvalue weighted by Crippen LogP contribution is -2.13. The Morgan fingerprint density at radius 1 is 1.00 bits per heavy atom. The molecule has 2 nitrogen and oxygen atoms in total. The quantitative estimate of drug-likeness (QED) is 0.900. The molecule has 20 heavy (non-hydrogen) atoms. The van der Waals surface area contributed by atoms with Crippen LogP contribution in [0, 0.1) is 0 Å². The molecule has 0 unspecified atom stereocenters. The van der Waals surface area contributed by atoms with E-state index in [4.69, 9.17) is 0 Å². The van der Waals surface area contributed by atoms with Crippen molar-refractivity contribution in [2.75, 3.05) is 0 Å². The normalized spacial score (nSPS) is 11.6. The Morgan fingerprint density at radius 2 is 1.65 bits per heavy atom. The van der Waals surface area contributed by atoms with Crippen LogP contribution in [0.4, 0.5) is 13.2 Å². The molecule has 0 spiro atoms. The zero-order valence-electron chi connectivity index (χ0n) is 10.4. The van der Waals surface area contributed by atoms with E-state index in [1.165, 1.54) is 12.1 Å². The molecule has 0 aliphatic rings. The lowest BCUT2D eigenvalue weighted by Gasteiger charge is -2.08. The van der Waals surface area contributed by atoms with E-state index in [1.54, 1.807) is 12.4 Å². The SMILES string of the molecule is FC(F)(F)c1ccc(CNCc2cncc(Br)c2)cc1. The molecule has 2 rings (SSSR count). The van der Waals surface area contributed by atoms with Gasteiger partial charge in [-0.25, -0.2) is 0 Å². The second-order valence-electron chi connectivity index (χ2n) is 4.31. The summed E-state index contributed by atoms with van der Waals surface area (Å²) in [5.74, 6) is 0. The van der Waals surface area contributed by atoms with Gasteiger partial charge in [0.15, 0.2) is 0 Å². The number of nitrogens with zero attached hydrogens (tertiary/aromatic N) is 1. The first-order chi connectivity index (χ1) is 9.45. The zero-order chi connectivity index (χ0) is 14.6. The van der Waals surface area contributed by atoms with E-state index < -0.39 is 11.7 Å². The number of hydrogen-bond acceptors (Lipinski definition) is 2. The van der Waals surface area contributed by atoms with Crippen LogP contribution in [-0.4, -0.2) is 4.98 Å². The van der Waals surface area contributed by atoms with Crippen LogP contribution in [0.5, 0.6) is 0 Å². The van der Waals surface area contributed by atoms with Gasteiger partial charge >= 0.3 is 6.18 Å². The van der Waals surface area contributed by atoms with Gasteiger partial charge in [-0.05, 0) is 45.3 Å². The Balaban J connectivity index is 1.88. The standard InChI is InChI=1S/C14H12BrF3N2/c15-13-5-11(8-20-9-13)7-19-6-10-1-3-12(4-2-10)14(16,17)18/h1-5,8-9,19H,6-7H2. The first-order valence-corrected chi connectivity index (χ1v) is 6.71. The van der Waals surface area contributed by atoms with Crippen LogP contribution >= 0.6 is 15.9 Å². The molecule has 1 heterocycles. The Morgan fingerprint density at radius 3 is 2.25 bits per heavy atom. The van der Waals surface area contributed by atoms with Crippen molar-refractivity contribution in [1.82, 2.24) is 10.3 Å². The van der Waals surface area contributed by atoms with Gasteiger partial charge in [-0.15, -0.1) is 0 Å². The van der Waals surface area contributed by atoms with Crippen molar-refractivity contribution in [2.24, 2.45) is 0 Å². The summed E-state index contributed by atoms with van der Waals surface area (Å²) in [5, 5.41) is 3.16. The molecule has 0 aliphatic carbocycles. The fourth-order valence-electron chi connectivity index (χ4n) is 1.72. The van der Waals surface area contributed by atoms with E-state index in [0.29, 0.717) is 13.1 Å². The molecule has 0 bridgehead atoms. The average Bonchev–Trinajstić information content (AvgIpc) is 2.38. The molecule has 1 aromatic carbocycles. The molecule has 0 saturated heterocycles. The van der Waals surface area contributed by atoms with Crippen LogP contribution in [0.2, 0.25) is 0 Å². The Hall–Kier alpha value is -1.40. The topological polar surface area (TPSA) is 24.9 Å². The van der Waals surface area contributed by atoms with E-state index in [9.17, 15) is 13.2 Å². The molecule has 0 radical (unpaired) electrons. The molecule has 0 fully saturated rings. The monoisotopic (exact) mass is 344 g/mol. The van der Waals surface area contributed by atoms with Crippen LogP contribution in [-0.2, 0) is 19.3 Å². The minimum atomic E-state index is -4.28. The number of aromatic nitrogens is 1. The third kappa shape index (κ3) is 4.31. The largest absolute Gasteiger partial charge is 0.416 e. The number of nitrogens with one attached hydrogen (secondary N) is 1. The van der Waals surface area contributed by atoms with E-state index in [-0.39, 0.29) is 0 Å². The number of hydrogen-bond donors (Lipinski definition) is 1. The zero-order valence-corrected chi connectivity index (χ0v) is 12.0. The molecule has 106 valence electrons. The summed E-state index contributed by atoms with van der Waals surface area (Å²) in [6.07, 6.45) is -0.849. The second-order valence-corrected chi connectivity index (χ2v) is 5.23. The van der Waals surface area contributed by atoms with E-state index in [2.05, 4.69) is 26.2 Å². The Labute approximate surface area is 123 Å². The van der Waals surface area contributed by atoms with Crippen molar-refractivity contribution in [3.63, 3.8) is 0 Å². The fraction of sp³-hybridized carbons (Fsp3) is 0.214. The predicted molar refractivity (Wildman–Crippen MR) is 73.9 cm³/mol. The van der Waals surface area contributed by atoms with Crippen LogP contribution in [0.25, 0.3) is 0 Å². The highest BCUT2D eigenvalue weighted by molar-refractivity contribution is 9.10. The van der Waals surface area contributed by atoms with Gasteiger partial charge in [0.25, 0.3) is 0 Å². The molecule has 1 N–H and O–H groups in total. The molecule has 0 saturated carbocycles. The van der Waals surface area contributed by atoms with Gasteiger partial charge in [0.05, 0.1) is 5.56 Å². The lowest BCUT2D eigenvalue weighted by molar-refractivity contribution is -0.137. The first kappa shape index (κ1) is 15.0. The average molecular weight is 345 g/mol. The van der Waals surface area contributed by atoms with Gasteiger partial charge in [-0.2, -0.15) is 13.2 Å². The van der Waals surface area contributed by atoms with Gasteiger partial charge in [0, 0.05) is 30.0 Å². The predicted octanol–water partition coefficient (Wildman–Crippen LogP) is 4.15. The third-order valence-corrected chi connectivity index (χ3v) is 3.13. The summed E-state index contributed by atoms with van der Waals surface area (Å²) in [6.45, 7) is 1.11. The third-order valence-electron chi connectivity index (χ3n) is 2.70. The summed E-state index contributed by atoms with van der Waals surface area (Å²) in [4.78, 5) is 4.04. The van der Waals surface area contributed by atoms with E-state index in [0.717, 1.165) is 27.7 Å². The minimum Gasteiger partial charge on any atom is -0.309 e. The van der Waals surface area contributed by atoms with Gasteiger partial charge < -0.3 is 5.32 Å². The highest BCUT2D eigenvalue weighted by atomic mass is 79.9. The molecular weight excluding hydrogens is 333 g/mol. The summed E-state index contributed by atoms with van der Waals surface area (Å²) < 4.78 is 38.1. The molecule has 1 aromatic heterocycles. The van der Waals surface area contributed by atoms with Crippen molar-refractivity contribution < 1.29 is 13.2 Å². The number of halogens is 4. The molecular formula is C14H12BrF3N2. The van der Waals surface area contributed by atoms with Crippen LogP contribution in [0.15, 0.2) is 47.2 Å². The molecule has 0 atom stereocenters. The van der Waals surface area contributed by atoms with Gasteiger partial charge in [-0.3, -0.25) is 4.98 Å². The van der Waals surface area contributed by atoms with Crippen molar-refractivity contribution in [2.45, 2.75) is 19.3 Å². The maximum atomic E-state index is 12.4. The van der Waals surface area contributed by atoms with Crippen molar-refractivity contribution in [3.05, 3.63) is 63.9 Å². The number of pyridine rings is 1. The second kappa shape index (κ2) is 6.37. The maximum absolute atomic E-state index is 12.4. The smallest absolute Gasteiger partial charge is 0.309 e. The first-order valence-electron chi connectivity index (χ1n) is 5.91. The van der Waals surface area contributed by atoms with E-state index in [1.807, 2.05) is 6.07 Å². The molecule has 6 heteroatoms. The highest BCUT2D eigenvalue weighted by Crippen LogP contribution is 2.29. The van der Waals surface area contributed by atoms with Gasteiger partial charge in [0.1, 0.15) is 0 Å². The summed E-state index contributed by atoms with van der Waals surface area (Å²) in [6, 6.07) is 7.09. The number of benzene rings is 1. The van der Waals surface area contributed by atoms with Gasteiger partial charge in [-0.1, -0.05) is 12.1 Å². The fourth-order valence-corrected chi connectivity index (χ4v) is 2.13. The van der Waals surface area contributed by atoms with Crippen LogP contribution in [0.3, 0.4) is 0 Å². The molecule has 0 amide bonds. The molecule has 0 aliphatic heterocycles. The maximum Gasteiger partial charge on any atom is 0.416 e. The minimum absolute atomic E-state index is 0.505. The Bertz CT molecular complexity index is 567. The van der Waals surface area contributed by atoms with Crippen LogP contribution < -0.4 is 5.32 Å². The van der Waals surface area contributed by atoms with Gasteiger partial charge in [0.2, 0.25) is 0 Å². The van der Waals surface area contributed by atoms with Crippen molar-refractivity contribution >= 4 is 15.9 Å². The lowest BCUT2D eigenvalue weighted by atomic mass is 10.1. The van der Waals surface area contributed by atoms with Crippen molar-refractivity contribution in [3.8, 4) is 0 Å². The summed E-state index contributed by atoms with van der Waals surface area (Å²) in [7, 11) is 0. The summed E-state index contributed by atoms with van der Waals surface area (Å²) in [5.41, 5.74) is 1.18. The number of alkyl halides is 3. The van der Waals surface area contributed by atoms with Crippen molar-refractivity contribution in [1.29, 1.82) is 0 Å². The van der Waals surface area contributed by atoms with E-state index >= 15 is 0 Å². The highest BCUT2D eigenvalue weighted by Gasteiger charge is 2.29. The summed E-state index contributed by atoms with van der Waals surface area (Å²) >= 11 is 3.33. The molecule has 2 aromatic rings. The number of rotatable bonds is 4.